The Bertz CT molecular complexity index is 215. The van der Waals surface area contributed by atoms with Crippen molar-refractivity contribution in [1.82, 2.24) is 0 Å². The molecule has 1 rings (SSSR count). The normalized spacial score (nSPS) is 12.2. The molecule has 0 fully saturated rings. The average molecular weight is 579 g/mol. The van der Waals surface area contributed by atoms with Gasteiger partial charge in [0.2, 0.25) is 0 Å². The summed E-state index contributed by atoms with van der Waals surface area (Å²) < 4.78 is 1.47. The van der Waals surface area contributed by atoms with Gasteiger partial charge >= 0.3 is 47.6 Å². The summed E-state index contributed by atoms with van der Waals surface area (Å²) in [4.78, 5) is 9.38. The Kier molecular flexibility index (Phi) is 25.1. The second kappa shape index (κ2) is 18.5. The first-order valence-electron chi connectivity index (χ1n) is 6.13. The molecule has 0 saturated carbocycles. The molecule has 18 heavy (non-hydrogen) atoms. The third kappa shape index (κ3) is 17.5. The van der Waals surface area contributed by atoms with E-state index in [1.54, 1.807) is 0 Å². The van der Waals surface area contributed by atoms with Crippen LogP contribution in [-0.4, -0.2) is 17.2 Å². The predicted molar refractivity (Wildman–Crippen MR) is 70.5 cm³/mol. The van der Waals surface area contributed by atoms with Crippen LogP contribution in [0.4, 0.5) is 0 Å². The third-order valence-corrected chi connectivity index (χ3v) is 4.80. The molecule has 0 bridgehead atoms. The van der Waals surface area contributed by atoms with Crippen molar-refractivity contribution in [2.24, 2.45) is 0 Å². The van der Waals surface area contributed by atoms with Crippen LogP contribution in [0, 0.1) is 0 Å². The predicted octanol–water partition coefficient (Wildman–Crippen LogP) is -1.64. The van der Waals surface area contributed by atoms with Crippen molar-refractivity contribution in [3.8, 4) is 0 Å². The van der Waals surface area contributed by atoms with Crippen LogP contribution >= 0.6 is 8.15 Å². The van der Waals surface area contributed by atoms with Gasteiger partial charge in [0.25, 0.3) is 0 Å². The van der Waals surface area contributed by atoms with Crippen molar-refractivity contribution in [2.45, 2.75) is 46.0 Å². The Labute approximate surface area is 145 Å². The van der Waals surface area contributed by atoms with Gasteiger partial charge in [-0.3, -0.25) is 0 Å². The summed E-state index contributed by atoms with van der Waals surface area (Å²) >= 11 is 2.14. The van der Waals surface area contributed by atoms with Crippen LogP contribution in [-0.2, 0) is 18.9 Å². The Morgan fingerprint density at radius 2 is 1.67 bits per heavy atom. The number of halogens is 2. The number of unbranched alkanes of at least 4 members (excludes halogenated alkanes) is 2. The van der Waals surface area contributed by atoms with E-state index in [2.05, 4.69) is 51.0 Å². The average Bonchev–Trinajstić information content (AvgIpc) is 2.75. The first-order valence-corrected chi connectivity index (χ1v) is 8.99. The van der Waals surface area contributed by atoms with Crippen molar-refractivity contribution in [3.05, 3.63) is 22.3 Å². The van der Waals surface area contributed by atoms with Crippen LogP contribution < -0.4 is 34.0 Å². The van der Waals surface area contributed by atoms with Crippen molar-refractivity contribution in [3.63, 3.8) is 0 Å². The summed E-state index contributed by atoms with van der Waals surface area (Å²) in [7, 11) is -0.592. The van der Waals surface area contributed by atoms with E-state index >= 15 is 0 Å². The number of allylic oxidation sites excluding steroid dienone is 4. The maximum absolute atomic E-state index is 9.38. The summed E-state index contributed by atoms with van der Waals surface area (Å²) in [6.45, 7) is 4.34. The van der Waals surface area contributed by atoms with Gasteiger partial charge in [-0.2, -0.15) is 0 Å². The third-order valence-electron chi connectivity index (χ3n) is 2.25. The maximum atomic E-state index is 9.38. The molecule has 5 heteroatoms. The summed E-state index contributed by atoms with van der Waals surface area (Å²) in [5.74, 6) is 0. The second-order valence-corrected chi connectivity index (χ2v) is 7.32. The summed E-state index contributed by atoms with van der Waals surface area (Å²) in [6, 6.07) is 0. The van der Waals surface area contributed by atoms with Gasteiger partial charge in [-0.25, -0.2) is 0 Å². The van der Waals surface area contributed by atoms with Gasteiger partial charge in [-0.05, 0) is 25.2 Å². The number of hydrogen-bond donors (Lipinski definition) is 1. The molecule has 0 atom stereocenters. The SMILES string of the molecule is CCCCP(O)CCCC.[Br-].[Br-].[Ir+2][C]1=CC=CC1. The second-order valence-electron chi connectivity index (χ2n) is 3.88. The van der Waals surface area contributed by atoms with Crippen molar-refractivity contribution in [2.75, 3.05) is 12.3 Å². The molecule has 0 aromatic carbocycles. The van der Waals surface area contributed by atoms with Crippen LogP contribution in [0.2, 0.25) is 0 Å². The molecule has 0 spiro atoms. The molecule has 1 N–H and O–H groups in total. The van der Waals surface area contributed by atoms with E-state index in [0.717, 1.165) is 12.3 Å². The van der Waals surface area contributed by atoms with Gasteiger partial charge in [0.15, 0.2) is 0 Å². The Morgan fingerprint density at radius 1 is 1.17 bits per heavy atom. The summed E-state index contributed by atoms with van der Waals surface area (Å²) in [5.41, 5.74) is 0. The van der Waals surface area contributed by atoms with E-state index in [-0.39, 0.29) is 34.0 Å². The molecule has 1 aliphatic carbocycles. The zero-order chi connectivity index (χ0) is 12.2. The molecule has 0 aliphatic heterocycles. The van der Waals surface area contributed by atoms with E-state index in [0.29, 0.717) is 0 Å². The molecule has 0 radical (unpaired) electrons. The van der Waals surface area contributed by atoms with Gasteiger partial charge in [0.1, 0.15) is 0 Å². The van der Waals surface area contributed by atoms with Gasteiger partial charge in [0.05, 0.1) is 0 Å². The first kappa shape index (κ1) is 24.5. The van der Waals surface area contributed by atoms with Crippen LogP contribution in [0.15, 0.2) is 22.3 Å². The molecule has 0 heterocycles. The summed E-state index contributed by atoms with van der Waals surface area (Å²) in [6.07, 6.45) is 14.5. The van der Waals surface area contributed by atoms with Gasteiger partial charge < -0.3 is 38.9 Å². The monoisotopic (exact) mass is 578 g/mol. The van der Waals surface area contributed by atoms with Gasteiger partial charge in [-0.15, -0.1) is 0 Å². The topological polar surface area (TPSA) is 20.2 Å². The zero-order valence-electron chi connectivity index (χ0n) is 11.2. The molecule has 0 aromatic heterocycles. The van der Waals surface area contributed by atoms with Crippen LogP contribution in [0.25, 0.3) is 0 Å². The van der Waals surface area contributed by atoms with Gasteiger partial charge in [0, 0.05) is 8.15 Å². The van der Waals surface area contributed by atoms with E-state index in [9.17, 15) is 4.89 Å². The quantitative estimate of drug-likeness (QED) is 0.375. The molecular formula is C13H24Br2IrOP. The molecule has 110 valence electrons. The molecule has 0 aromatic rings. The van der Waals surface area contributed by atoms with Crippen molar-refractivity contribution < 1.29 is 57.8 Å². The van der Waals surface area contributed by atoms with Crippen LogP contribution in [0.5, 0.6) is 0 Å². The molecule has 1 nitrogen and oxygen atoms in total. The molecule has 1 aliphatic rings. The van der Waals surface area contributed by atoms with E-state index in [1.807, 2.05) is 0 Å². The molecule has 0 saturated heterocycles. The molecule has 0 unspecified atom stereocenters. The number of hydrogen-bond acceptors (Lipinski definition) is 1. The van der Waals surface area contributed by atoms with E-state index in [1.165, 1.54) is 36.2 Å². The fourth-order valence-electron chi connectivity index (χ4n) is 1.20. The Morgan fingerprint density at radius 3 is 1.89 bits per heavy atom. The fraction of sp³-hybridized carbons (Fsp3) is 0.692. The van der Waals surface area contributed by atoms with Crippen molar-refractivity contribution in [1.29, 1.82) is 0 Å². The standard InChI is InChI=1S/C8H19OP.C5H5.2BrH.Ir/c1-3-5-7-10(9)8-6-4-2;1-2-4-5-3-1;;;/h9H,3-8H2,1-2H3;1-3H,4H2;2*1H;/q;;;;+2/p-2. The Hall–Kier alpha value is 1.48. The Balaban J connectivity index is -0.000000244. The van der Waals surface area contributed by atoms with Crippen LogP contribution in [0.3, 0.4) is 0 Å². The van der Waals surface area contributed by atoms with E-state index in [4.69, 9.17) is 0 Å². The van der Waals surface area contributed by atoms with Gasteiger partial charge in [-0.1, -0.05) is 26.7 Å². The van der Waals surface area contributed by atoms with Crippen molar-refractivity contribution >= 4 is 8.15 Å². The molecule has 0 amide bonds. The van der Waals surface area contributed by atoms with Crippen LogP contribution in [0.1, 0.15) is 46.0 Å². The summed E-state index contributed by atoms with van der Waals surface area (Å²) in [5, 5.41) is 0. The van der Waals surface area contributed by atoms with E-state index < -0.39 is 8.15 Å². The minimum absolute atomic E-state index is 0. The zero-order valence-corrected chi connectivity index (χ0v) is 17.6. The first-order chi connectivity index (χ1) is 7.70. The fourth-order valence-corrected chi connectivity index (χ4v) is 3.30. The number of rotatable bonds is 6. The minimum atomic E-state index is -0.592. The molecular weight excluding hydrogens is 555 g/mol.